The molecule has 0 fully saturated rings. The number of hydrogen-bond donors (Lipinski definition) is 1. The van der Waals surface area contributed by atoms with Crippen LogP contribution in [-0.4, -0.2) is 19.6 Å². The average Bonchev–Trinajstić information content (AvgIpc) is 2.34. The molecule has 1 aromatic rings. The van der Waals surface area contributed by atoms with E-state index in [1.807, 2.05) is 0 Å². The molecule has 0 saturated carbocycles. The fourth-order valence-corrected chi connectivity index (χ4v) is 1.26. The monoisotopic (exact) mass is 217 g/mol. The Morgan fingerprint density at radius 1 is 1.56 bits per heavy atom. The van der Waals surface area contributed by atoms with Crippen LogP contribution in [0.5, 0.6) is 5.75 Å². The van der Waals surface area contributed by atoms with E-state index in [2.05, 4.69) is 11.2 Å². The number of unbranched alkanes of at least 4 members (excludes halogenated alkanes) is 1. The predicted molar refractivity (Wildman–Crippen MR) is 63.4 cm³/mol. The highest BCUT2D eigenvalue weighted by atomic mass is 16.5. The molecule has 1 N–H and O–H groups in total. The molecule has 0 aromatic heterocycles. The van der Waals surface area contributed by atoms with Crippen molar-refractivity contribution in [2.75, 3.05) is 13.7 Å². The van der Waals surface area contributed by atoms with Crippen LogP contribution in [0, 0.1) is 12.3 Å². The number of hydrogen-bond acceptors (Lipinski definition) is 2. The Balaban J connectivity index is 2.49. The summed E-state index contributed by atoms with van der Waals surface area (Å²) in [6, 6.07) is 7.04. The topological polar surface area (TPSA) is 38.3 Å². The van der Waals surface area contributed by atoms with Gasteiger partial charge in [0.25, 0.3) is 5.91 Å². The largest absolute Gasteiger partial charge is 0.497 e. The van der Waals surface area contributed by atoms with Crippen molar-refractivity contribution in [2.24, 2.45) is 0 Å². The van der Waals surface area contributed by atoms with Gasteiger partial charge in [0.05, 0.1) is 7.11 Å². The van der Waals surface area contributed by atoms with Crippen LogP contribution in [0.25, 0.3) is 0 Å². The summed E-state index contributed by atoms with van der Waals surface area (Å²) in [6.45, 7) is 0.597. The van der Waals surface area contributed by atoms with E-state index in [0.29, 0.717) is 24.3 Å². The second kappa shape index (κ2) is 6.52. The summed E-state index contributed by atoms with van der Waals surface area (Å²) >= 11 is 0. The minimum atomic E-state index is -0.101. The number of amides is 1. The van der Waals surface area contributed by atoms with Gasteiger partial charge in [-0.15, -0.1) is 12.3 Å². The summed E-state index contributed by atoms with van der Waals surface area (Å²) in [5.74, 6) is 3.10. The summed E-state index contributed by atoms with van der Waals surface area (Å²) in [5, 5.41) is 2.80. The number of benzene rings is 1. The molecule has 0 heterocycles. The van der Waals surface area contributed by atoms with Crippen molar-refractivity contribution in [2.45, 2.75) is 12.8 Å². The molecule has 0 unspecified atom stereocenters. The van der Waals surface area contributed by atoms with Gasteiger partial charge in [-0.2, -0.15) is 0 Å². The first-order valence-electron chi connectivity index (χ1n) is 5.13. The van der Waals surface area contributed by atoms with Crippen LogP contribution in [0.2, 0.25) is 0 Å². The second-order valence-electron chi connectivity index (χ2n) is 3.30. The van der Waals surface area contributed by atoms with E-state index in [9.17, 15) is 4.79 Å². The molecule has 0 saturated heterocycles. The van der Waals surface area contributed by atoms with Crippen molar-refractivity contribution in [1.82, 2.24) is 5.32 Å². The molecule has 0 aliphatic heterocycles. The van der Waals surface area contributed by atoms with Gasteiger partial charge < -0.3 is 10.1 Å². The van der Waals surface area contributed by atoms with Gasteiger partial charge in [-0.05, 0) is 24.6 Å². The molecule has 3 heteroatoms. The van der Waals surface area contributed by atoms with Crippen LogP contribution in [0.1, 0.15) is 23.2 Å². The van der Waals surface area contributed by atoms with Crippen molar-refractivity contribution in [3.63, 3.8) is 0 Å². The number of rotatable bonds is 5. The fraction of sp³-hybridized carbons (Fsp3) is 0.308. The molecule has 1 rings (SSSR count). The predicted octanol–water partition coefficient (Wildman–Crippen LogP) is 1.84. The van der Waals surface area contributed by atoms with E-state index in [1.54, 1.807) is 31.4 Å². The highest BCUT2D eigenvalue weighted by Gasteiger charge is 2.04. The van der Waals surface area contributed by atoms with Crippen molar-refractivity contribution in [1.29, 1.82) is 0 Å². The van der Waals surface area contributed by atoms with Gasteiger partial charge in [0.2, 0.25) is 0 Å². The number of methoxy groups -OCH3 is 1. The van der Waals surface area contributed by atoms with Crippen molar-refractivity contribution in [3.8, 4) is 18.1 Å². The molecule has 0 aliphatic rings. The summed E-state index contributed by atoms with van der Waals surface area (Å²) in [6.07, 6.45) is 6.59. The van der Waals surface area contributed by atoms with Crippen LogP contribution < -0.4 is 10.1 Å². The van der Waals surface area contributed by atoms with E-state index in [1.165, 1.54) is 0 Å². The molecule has 0 spiro atoms. The number of carbonyl (C=O) groups is 1. The minimum Gasteiger partial charge on any atom is -0.497 e. The summed E-state index contributed by atoms with van der Waals surface area (Å²) in [7, 11) is 1.57. The van der Waals surface area contributed by atoms with Gasteiger partial charge in [-0.1, -0.05) is 6.07 Å². The van der Waals surface area contributed by atoms with E-state index in [0.717, 1.165) is 6.42 Å². The second-order valence-corrected chi connectivity index (χ2v) is 3.30. The fourth-order valence-electron chi connectivity index (χ4n) is 1.26. The smallest absolute Gasteiger partial charge is 0.251 e. The Kier molecular flexibility index (Phi) is 4.94. The lowest BCUT2D eigenvalue weighted by atomic mass is 10.2. The Morgan fingerprint density at radius 3 is 3.06 bits per heavy atom. The molecule has 0 atom stereocenters. The molecule has 3 nitrogen and oxygen atoms in total. The SMILES string of the molecule is C#CCCCNC(=O)c1cccc(OC)c1. The van der Waals surface area contributed by atoms with E-state index in [-0.39, 0.29) is 5.91 Å². The highest BCUT2D eigenvalue weighted by molar-refractivity contribution is 5.94. The lowest BCUT2D eigenvalue weighted by Crippen LogP contribution is -2.24. The molecule has 84 valence electrons. The lowest BCUT2D eigenvalue weighted by molar-refractivity contribution is 0.0953. The molecule has 1 amide bonds. The normalized spacial score (nSPS) is 9.25. The van der Waals surface area contributed by atoms with Crippen molar-refractivity contribution >= 4 is 5.91 Å². The molecule has 0 aliphatic carbocycles. The average molecular weight is 217 g/mol. The number of nitrogens with one attached hydrogen (secondary N) is 1. The number of ether oxygens (including phenoxy) is 1. The third-order valence-corrected chi connectivity index (χ3v) is 2.12. The first kappa shape index (κ1) is 12.1. The molecule has 0 bridgehead atoms. The third kappa shape index (κ3) is 3.66. The number of terminal acetylenes is 1. The van der Waals surface area contributed by atoms with Gasteiger partial charge in [-0.25, -0.2) is 0 Å². The quantitative estimate of drug-likeness (QED) is 0.603. The molecule has 1 aromatic carbocycles. The van der Waals surface area contributed by atoms with Crippen molar-refractivity contribution in [3.05, 3.63) is 29.8 Å². The van der Waals surface area contributed by atoms with Gasteiger partial charge >= 0.3 is 0 Å². The molecule has 0 radical (unpaired) electrons. The van der Waals surface area contributed by atoms with Crippen LogP contribution in [0.4, 0.5) is 0 Å². The zero-order valence-electron chi connectivity index (χ0n) is 9.32. The van der Waals surface area contributed by atoms with E-state index < -0.39 is 0 Å². The van der Waals surface area contributed by atoms with Gasteiger partial charge in [-0.3, -0.25) is 4.79 Å². The maximum Gasteiger partial charge on any atom is 0.251 e. The Labute approximate surface area is 95.8 Å². The Hall–Kier alpha value is -1.95. The molecular formula is C13H15NO2. The zero-order chi connectivity index (χ0) is 11.8. The summed E-state index contributed by atoms with van der Waals surface area (Å²) in [4.78, 5) is 11.7. The number of carbonyl (C=O) groups excluding carboxylic acids is 1. The third-order valence-electron chi connectivity index (χ3n) is 2.12. The Morgan fingerprint density at radius 2 is 2.38 bits per heavy atom. The van der Waals surface area contributed by atoms with Crippen LogP contribution >= 0.6 is 0 Å². The maximum atomic E-state index is 11.7. The first-order valence-corrected chi connectivity index (χ1v) is 5.13. The standard InChI is InChI=1S/C13H15NO2/c1-3-4-5-9-14-13(15)11-7-6-8-12(10-11)16-2/h1,6-8,10H,4-5,9H2,2H3,(H,14,15). The van der Waals surface area contributed by atoms with Crippen LogP contribution in [-0.2, 0) is 0 Å². The van der Waals surface area contributed by atoms with Gasteiger partial charge in [0.15, 0.2) is 0 Å². The van der Waals surface area contributed by atoms with Gasteiger partial charge in [0, 0.05) is 18.5 Å². The van der Waals surface area contributed by atoms with Gasteiger partial charge in [0.1, 0.15) is 5.75 Å². The zero-order valence-corrected chi connectivity index (χ0v) is 9.32. The Bertz CT molecular complexity index is 393. The maximum absolute atomic E-state index is 11.7. The summed E-state index contributed by atoms with van der Waals surface area (Å²) < 4.78 is 5.04. The van der Waals surface area contributed by atoms with Crippen molar-refractivity contribution < 1.29 is 9.53 Å². The lowest BCUT2D eigenvalue weighted by Gasteiger charge is -2.05. The minimum absolute atomic E-state index is 0.101. The van der Waals surface area contributed by atoms with E-state index >= 15 is 0 Å². The molecule has 16 heavy (non-hydrogen) atoms. The van der Waals surface area contributed by atoms with Crippen LogP contribution in [0.15, 0.2) is 24.3 Å². The summed E-state index contributed by atoms with van der Waals surface area (Å²) in [5.41, 5.74) is 0.597. The van der Waals surface area contributed by atoms with Crippen LogP contribution in [0.3, 0.4) is 0 Å². The first-order chi connectivity index (χ1) is 7.77. The van der Waals surface area contributed by atoms with E-state index in [4.69, 9.17) is 11.2 Å². The highest BCUT2D eigenvalue weighted by Crippen LogP contribution is 2.12. The molecular weight excluding hydrogens is 202 g/mol.